The number of nitrogens with zero attached hydrogens (tertiary/aromatic N) is 2. The Labute approximate surface area is 126 Å². The Morgan fingerprint density at radius 2 is 2.27 bits per heavy atom. The first-order chi connectivity index (χ1) is 10.5. The van der Waals surface area contributed by atoms with E-state index >= 15 is 0 Å². The number of piperidine rings is 1. The van der Waals surface area contributed by atoms with Crippen LogP contribution in [0.2, 0.25) is 0 Å². The van der Waals surface area contributed by atoms with Gasteiger partial charge in [-0.2, -0.15) is 0 Å². The van der Waals surface area contributed by atoms with Crippen LogP contribution in [0.1, 0.15) is 18.4 Å². The Kier molecular flexibility index (Phi) is 3.62. The molecule has 1 aliphatic rings. The zero-order valence-corrected chi connectivity index (χ0v) is 12.1. The summed E-state index contributed by atoms with van der Waals surface area (Å²) in [6.07, 6.45) is 2.45. The standard InChI is InChI=1S/C15H16N4O3/c1-19-8-16-10-4-2-3-9(14(10)19)7-13(21)17-11-5-6-12(20)18-15(11)22/h2-4,8,11H,5-7H2,1H3,(H,17,21)(H,18,20,22). The number of carbonyl (C=O) groups is 3. The number of benzene rings is 1. The molecule has 2 heterocycles. The summed E-state index contributed by atoms with van der Waals surface area (Å²) >= 11 is 0. The fraction of sp³-hybridized carbons (Fsp3) is 0.333. The van der Waals surface area contributed by atoms with Crippen molar-refractivity contribution in [2.45, 2.75) is 25.3 Å². The average molecular weight is 300 g/mol. The van der Waals surface area contributed by atoms with E-state index in [-0.39, 0.29) is 24.7 Å². The number of nitrogens with one attached hydrogen (secondary N) is 2. The molecule has 1 aromatic heterocycles. The Morgan fingerprint density at radius 3 is 3.05 bits per heavy atom. The van der Waals surface area contributed by atoms with Gasteiger partial charge >= 0.3 is 0 Å². The highest BCUT2D eigenvalue weighted by molar-refractivity contribution is 6.01. The highest BCUT2D eigenvalue weighted by Crippen LogP contribution is 2.17. The van der Waals surface area contributed by atoms with Gasteiger partial charge in [0, 0.05) is 13.5 Å². The van der Waals surface area contributed by atoms with Crippen molar-refractivity contribution in [3.8, 4) is 0 Å². The maximum atomic E-state index is 12.2. The lowest BCUT2D eigenvalue weighted by atomic mass is 10.0. The highest BCUT2D eigenvalue weighted by Gasteiger charge is 2.27. The van der Waals surface area contributed by atoms with E-state index in [4.69, 9.17) is 0 Å². The molecule has 2 aromatic rings. The number of amides is 3. The minimum atomic E-state index is -0.643. The molecule has 114 valence electrons. The lowest BCUT2D eigenvalue weighted by Crippen LogP contribution is -2.52. The van der Waals surface area contributed by atoms with Crippen LogP contribution < -0.4 is 10.6 Å². The molecule has 1 atom stereocenters. The van der Waals surface area contributed by atoms with Crippen LogP contribution in [-0.2, 0) is 27.9 Å². The van der Waals surface area contributed by atoms with Crippen LogP contribution in [0, 0.1) is 0 Å². The maximum Gasteiger partial charge on any atom is 0.249 e. The van der Waals surface area contributed by atoms with Crippen LogP contribution in [0.3, 0.4) is 0 Å². The predicted molar refractivity (Wildman–Crippen MR) is 78.7 cm³/mol. The molecule has 7 heteroatoms. The zero-order valence-electron chi connectivity index (χ0n) is 12.1. The number of aryl methyl sites for hydroxylation is 1. The van der Waals surface area contributed by atoms with E-state index in [0.29, 0.717) is 6.42 Å². The van der Waals surface area contributed by atoms with E-state index in [1.165, 1.54) is 0 Å². The molecule has 1 saturated heterocycles. The van der Waals surface area contributed by atoms with Gasteiger partial charge in [-0.25, -0.2) is 4.98 Å². The molecule has 0 aliphatic carbocycles. The molecule has 2 N–H and O–H groups in total. The van der Waals surface area contributed by atoms with Crippen LogP contribution in [0.4, 0.5) is 0 Å². The minimum Gasteiger partial charge on any atom is -0.344 e. The summed E-state index contributed by atoms with van der Waals surface area (Å²) in [5, 5.41) is 4.91. The summed E-state index contributed by atoms with van der Waals surface area (Å²) in [6, 6.07) is 4.96. The van der Waals surface area contributed by atoms with Crippen molar-refractivity contribution in [2.24, 2.45) is 7.05 Å². The van der Waals surface area contributed by atoms with Gasteiger partial charge < -0.3 is 9.88 Å². The molecule has 7 nitrogen and oxygen atoms in total. The Morgan fingerprint density at radius 1 is 1.45 bits per heavy atom. The number of hydrogen-bond acceptors (Lipinski definition) is 4. The minimum absolute atomic E-state index is 0.161. The fourth-order valence-electron chi connectivity index (χ4n) is 2.69. The monoisotopic (exact) mass is 300 g/mol. The molecule has 1 fully saturated rings. The van der Waals surface area contributed by atoms with Crippen LogP contribution >= 0.6 is 0 Å². The van der Waals surface area contributed by atoms with Gasteiger partial charge in [-0.3, -0.25) is 19.7 Å². The van der Waals surface area contributed by atoms with E-state index in [1.54, 1.807) is 6.33 Å². The van der Waals surface area contributed by atoms with Crippen molar-refractivity contribution in [1.29, 1.82) is 0 Å². The summed E-state index contributed by atoms with van der Waals surface area (Å²) in [4.78, 5) is 39.2. The molecule has 0 saturated carbocycles. The van der Waals surface area contributed by atoms with E-state index in [2.05, 4.69) is 15.6 Å². The second-order valence-corrected chi connectivity index (χ2v) is 5.39. The Balaban J connectivity index is 1.72. The van der Waals surface area contributed by atoms with Gasteiger partial charge in [0.2, 0.25) is 17.7 Å². The first-order valence-electron chi connectivity index (χ1n) is 7.06. The van der Waals surface area contributed by atoms with Gasteiger partial charge in [0.05, 0.1) is 23.8 Å². The second-order valence-electron chi connectivity index (χ2n) is 5.39. The van der Waals surface area contributed by atoms with Crippen LogP contribution in [-0.4, -0.2) is 33.3 Å². The average Bonchev–Trinajstić information content (AvgIpc) is 2.85. The van der Waals surface area contributed by atoms with Crippen molar-refractivity contribution >= 4 is 28.8 Å². The number of rotatable bonds is 3. The number of fused-ring (bicyclic) bond motifs is 1. The molecule has 3 rings (SSSR count). The number of carbonyl (C=O) groups excluding carboxylic acids is 3. The van der Waals surface area contributed by atoms with E-state index in [0.717, 1.165) is 16.6 Å². The van der Waals surface area contributed by atoms with Crippen molar-refractivity contribution in [1.82, 2.24) is 20.2 Å². The lowest BCUT2D eigenvalue weighted by Gasteiger charge is -2.21. The fourth-order valence-corrected chi connectivity index (χ4v) is 2.69. The van der Waals surface area contributed by atoms with Gasteiger partial charge in [0.1, 0.15) is 6.04 Å². The summed E-state index contributed by atoms with van der Waals surface area (Å²) in [6.45, 7) is 0. The summed E-state index contributed by atoms with van der Waals surface area (Å²) in [7, 11) is 1.87. The molecule has 22 heavy (non-hydrogen) atoms. The molecule has 1 aromatic carbocycles. The van der Waals surface area contributed by atoms with Crippen molar-refractivity contribution in [3.63, 3.8) is 0 Å². The van der Waals surface area contributed by atoms with Crippen LogP contribution in [0.15, 0.2) is 24.5 Å². The largest absolute Gasteiger partial charge is 0.344 e. The van der Waals surface area contributed by atoms with Crippen LogP contribution in [0.5, 0.6) is 0 Å². The molecule has 3 amide bonds. The number of para-hydroxylation sites is 1. The van der Waals surface area contributed by atoms with Gasteiger partial charge in [0.25, 0.3) is 0 Å². The summed E-state index contributed by atoms with van der Waals surface area (Å²) in [5.74, 6) is -0.985. The molecule has 0 spiro atoms. The van der Waals surface area contributed by atoms with E-state index < -0.39 is 11.9 Å². The lowest BCUT2D eigenvalue weighted by molar-refractivity contribution is -0.137. The molecule has 1 aliphatic heterocycles. The smallest absolute Gasteiger partial charge is 0.249 e. The number of imide groups is 1. The maximum absolute atomic E-state index is 12.2. The summed E-state index contributed by atoms with van der Waals surface area (Å²) < 4.78 is 1.87. The molecule has 0 bridgehead atoms. The van der Waals surface area contributed by atoms with Crippen LogP contribution in [0.25, 0.3) is 11.0 Å². The van der Waals surface area contributed by atoms with Gasteiger partial charge in [-0.1, -0.05) is 12.1 Å². The first kappa shape index (κ1) is 14.2. The van der Waals surface area contributed by atoms with Crippen molar-refractivity contribution in [3.05, 3.63) is 30.1 Å². The molecular weight excluding hydrogens is 284 g/mol. The molecule has 1 unspecified atom stereocenters. The highest BCUT2D eigenvalue weighted by atomic mass is 16.2. The third-order valence-corrected chi connectivity index (χ3v) is 3.75. The summed E-state index contributed by atoms with van der Waals surface area (Å²) in [5.41, 5.74) is 2.58. The first-order valence-corrected chi connectivity index (χ1v) is 7.06. The van der Waals surface area contributed by atoms with Gasteiger partial charge in [-0.15, -0.1) is 0 Å². The Bertz CT molecular complexity index is 765. The normalized spacial score (nSPS) is 18.3. The Hall–Kier alpha value is -2.70. The van der Waals surface area contributed by atoms with Crippen molar-refractivity contribution in [2.75, 3.05) is 0 Å². The molecular formula is C15H16N4O3. The number of imidazole rings is 1. The predicted octanol–water partition coefficient (Wildman–Crippen LogP) is 0.0372. The van der Waals surface area contributed by atoms with Gasteiger partial charge in [0.15, 0.2) is 0 Å². The molecule has 0 radical (unpaired) electrons. The third-order valence-electron chi connectivity index (χ3n) is 3.75. The SMILES string of the molecule is Cn1cnc2cccc(CC(=O)NC3CCC(=O)NC3=O)c21. The van der Waals surface area contributed by atoms with Gasteiger partial charge in [-0.05, 0) is 18.1 Å². The van der Waals surface area contributed by atoms with E-state index in [9.17, 15) is 14.4 Å². The zero-order chi connectivity index (χ0) is 15.7. The number of hydrogen-bond donors (Lipinski definition) is 2. The van der Waals surface area contributed by atoms with E-state index in [1.807, 2.05) is 29.8 Å². The topological polar surface area (TPSA) is 93.1 Å². The second kappa shape index (κ2) is 5.59. The third kappa shape index (κ3) is 2.69. The number of aromatic nitrogens is 2. The quantitative estimate of drug-likeness (QED) is 0.783. The van der Waals surface area contributed by atoms with Crippen molar-refractivity contribution < 1.29 is 14.4 Å².